The van der Waals surface area contributed by atoms with Crippen LogP contribution in [0.4, 0.5) is 0 Å². The van der Waals surface area contributed by atoms with Gasteiger partial charge in [-0.05, 0) is 48.5 Å². The molecule has 0 atom stereocenters. The Balaban J connectivity index is 1.20. The summed E-state index contributed by atoms with van der Waals surface area (Å²) < 4.78 is 15.4. The van der Waals surface area contributed by atoms with Crippen LogP contribution in [0.1, 0.15) is 0 Å². The second-order valence-corrected chi connectivity index (χ2v) is 11.6. The Morgan fingerprint density at radius 2 is 0.979 bits per heavy atom. The molecule has 6 aromatic carbocycles. The summed E-state index contributed by atoms with van der Waals surface area (Å²) in [5, 5.41) is 4.13. The van der Waals surface area contributed by atoms with Crippen LogP contribution in [0, 0.1) is 0 Å². The highest BCUT2D eigenvalue weighted by Crippen LogP contribution is 2.42. The standard InChI is InChI=1S/C41H24N4O2/c1-3-12-25(13-4-1)39-42-40(26-14-5-2-6-15-26)44-41(43-39)27-22-23-35-31(24-27)28-18-11-20-33(37(28)46-35)45-32-19-9-7-16-29(32)38-36(45)30-17-8-10-21-34(30)47-38/h1-24H. The molecule has 0 saturated carbocycles. The number of aromatic nitrogens is 4. The lowest BCUT2D eigenvalue weighted by atomic mass is 10.1. The van der Waals surface area contributed by atoms with Crippen LogP contribution < -0.4 is 0 Å². The Kier molecular flexibility index (Phi) is 5.48. The summed E-state index contributed by atoms with van der Waals surface area (Å²) in [5.74, 6) is 1.86. The maximum atomic E-state index is 6.67. The zero-order chi connectivity index (χ0) is 30.9. The number of hydrogen-bond donors (Lipinski definition) is 0. The van der Waals surface area contributed by atoms with E-state index in [1.807, 2.05) is 84.9 Å². The lowest BCUT2D eigenvalue weighted by molar-refractivity contribution is 0.666. The summed E-state index contributed by atoms with van der Waals surface area (Å²) in [6.45, 7) is 0. The van der Waals surface area contributed by atoms with Crippen LogP contribution in [-0.4, -0.2) is 19.5 Å². The second kappa shape index (κ2) is 9.99. The molecule has 0 aliphatic heterocycles. The molecule has 47 heavy (non-hydrogen) atoms. The molecule has 4 heterocycles. The predicted octanol–water partition coefficient (Wildman–Crippen LogP) is 10.6. The highest BCUT2D eigenvalue weighted by molar-refractivity contribution is 6.18. The van der Waals surface area contributed by atoms with E-state index in [0.29, 0.717) is 17.5 Å². The number of fused-ring (bicyclic) bond motifs is 8. The summed E-state index contributed by atoms with van der Waals surface area (Å²) in [6, 6.07) is 49.1. The van der Waals surface area contributed by atoms with Crippen molar-refractivity contribution in [3.63, 3.8) is 0 Å². The normalized spacial score (nSPS) is 11.8. The predicted molar refractivity (Wildman–Crippen MR) is 188 cm³/mol. The highest BCUT2D eigenvalue weighted by atomic mass is 16.3. The van der Waals surface area contributed by atoms with Crippen LogP contribution in [0.5, 0.6) is 0 Å². The van der Waals surface area contributed by atoms with Gasteiger partial charge in [-0.25, -0.2) is 15.0 Å². The monoisotopic (exact) mass is 604 g/mol. The summed E-state index contributed by atoms with van der Waals surface area (Å²) in [7, 11) is 0. The molecule has 10 aromatic rings. The molecular weight excluding hydrogens is 580 g/mol. The van der Waals surface area contributed by atoms with E-state index in [9.17, 15) is 0 Å². The Labute approximate surface area is 268 Å². The first-order chi connectivity index (χ1) is 23.3. The minimum Gasteiger partial charge on any atom is -0.454 e. The van der Waals surface area contributed by atoms with Gasteiger partial charge in [0.05, 0.1) is 11.2 Å². The molecule has 220 valence electrons. The van der Waals surface area contributed by atoms with E-state index in [1.54, 1.807) is 0 Å². The van der Waals surface area contributed by atoms with E-state index in [4.69, 9.17) is 23.8 Å². The molecule has 6 nitrogen and oxygen atoms in total. The van der Waals surface area contributed by atoms with Gasteiger partial charge >= 0.3 is 0 Å². The summed E-state index contributed by atoms with van der Waals surface area (Å²) >= 11 is 0. The molecule has 6 heteroatoms. The molecule has 0 amide bonds. The molecular formula is C41H24N4O2. The number of rotatable bonds is 4. The molecule has 0 N–H and O–H groups in total. The molecule has 0 bridgehead atoms. The van der Waals surface area contributed by atoms with Gasteiger partial charge in [0.1, 0.15) is 16.7 Å². The fraction of sp³-hybridized carbons (Fsp3) is 0. The summed E-state index contributed by atoms with van der Waals surface area (Å²) in [6.07, 6.45) is 0. The number of benzene rings is 6. The maximum absolute atomic E-state index is 6.67. The molecule has 0 unspecified atom stereocenters. The molecule has 0 saturated heterocycles. The van der Waals surface area contributed by atoms with Crippen LogP contribution in [0.3, 0.4) is 0 Å². The van der Waals surface area contributed by atoms with Crippen molar-refractivity contribution in [3.8, 4) is 39.9 Å². The van der Waals surface area contributed by atoms with Gasteiger partial charge in [-0.2, -0.15) is 0 Å². The average molecular weight is 605 g/mol. The van der Waals surface area contributed by atoms with Crippen molar-refractivity contribution < 1.29 is 8.83 Å². The van der Waals surface area contributed by atoms with E-state index in [1.165, 1.54) is 0 Å². The van der Waals surface area contributed by atoms with Crippen LogP contribution in [0.15, 0.2) is 154 Å². The zero-order valence-electron chi connectivity index (χ0n) is 25.0. The second-order valence-electron chi connectivity index (χ2n) is 11.6. The van der Waals surface area contributed by atoms with E-state index < -0.39 is 0 Å². The quantitative estimate of drug-likeness (QED) is 0.200. The zero-order valence-corrected chi connectivity index (χ0v) is 25.0. The number of para-hydroxylation sites is 3. The Morgan fingerprint density at radius 3 is 1.72 bits per heavy atom. The van der Waals surface area contributed by atoms with E-state index in [-0.39, 0.29) is 0 Å². The summed E-state index contributed by atoms with van der Waals surface area (Å²) in [5.41, 5.74) is 9.13. The topological polar surface area (TPSA) is 69.9 Å². The van der Waals surface area contributed by atoms with Gasteiger partial charge in [-0.15, -0.1) is 0 Å². The Hall–Kier alpha value is -6.53. The van der Waals surface area contributed by atoms with Gasteiger partial charge in [0.2, 0.25) is 0 Å². The van der Waals surface area contributed by atoms with Crippen molar-refractivity contribution in [3.05, 3.63) is 146 Å². The first-order valence-electron chi connectivity index (χ1n) is 15.5. The highest BCUT2D eigenvalue weighted by Gasteiger charge is 2.22. The van der Waals surface area contributed by atoms with Crippen molar-refractivity contribution in [2.45, 2.75) is 0 Å². The van der Waals surface area contributed by atoms with Crippen LogP contribution >= 0.6 is 0 Å². The van der Waals surface area contributed by atoms with E-state index >= 15 is 0 Å². The lowest BCUT2D eigenvalue weighted by Gasteiger charge is -2.08. The van der Waals surface area contributed by atoms with Crippen molar-refractivity contribution in [1.29, 1.82) is 0 Å². The van der Waals surface area contributed by atoms with Crippen molar-refractivity contribution in [2.24, 2.45) is 0 Å². The third-order valence-electron chi connectivity index (χ3n) is 8.86. The van der Waals surface area contributed by atoms with Crippen LogP contribution in [-0.2, 0) is 0 Å². The van der Waals surface area contributed by atoms with E-state index in [2.05, 4.69) is 65.2 Å². The first-order valence-corrected chi connectivity index (χ1v) is 15.5. The van der Waals surface area contributed by atoms with Gasteiger partial charge in [0.15, 0.2) is 28.6 Å². The third kappa shape index (κ3) is 3.95. The van der Waals surface area contributed by atoms with Gasteiger partial charge in [-0.3, -0.25) is 0 Å². The smallest absolute Gasteiger partial charge is 0.164 e. The number of hydrogen-bond acceptors (Lipinski definition) is 5. The SMILES string of the molecule is c1ccc(-c2nc(-c3ccccc3)nc(-c3ccc4oc5c(-n6c7ccccc7c7oc8ccccc8c76)cccc5c4c3)n2)cc1. The lowest BCUT2D eigenvalue weighted by Crippen LogP contribution is -2.00. The Bertz CT molecular complexity index is 2730. The summed E-state index contributed by atoms with van der Waals surface area (Å²) in [4.78, 5) is 14.8. The van der Waals surface area contributed by atoms with Crippen LogP contribution in [0.2, 0.25) is 0 Å². The molecule has 0 fully saturated rings. The Morgan fingerprint density at radius 1 is 0.404 bits per heavy atom. The van der Waals surface area contributed by atoms with Crippen LogP contribution in [0.25, 0.3) is 94.8 Å². The first kappa shape index (κ1) is 25.8. The maximum Gasteiger partial charge on any atom is 0.164 e. The largest absolute Gasteiger partial charge is 0.454 e. The van der Waals surface area contributed by atoms with Crippen molar-refractivity contribution >= 4 is 54.9 Å². The minimum absolute atomic E-state index is 0.605. The fourth-order valence-corrected chi connectivity index (χ4v) is 6.70. The van der Waals surface area contributed by atoms with Gasteiger partial charge in [0.25, 0.3) is 0 Å². The fourth-order valence-electron chi connectivity index (χ4n) is 6.70. The molecule has 0 aliphatic carbocycles. The molecule has 4 aromatic heterocycles. The molecule has 10 rings (SSSR count). The average Bonchev–Trinajstić information content (AvgIpc) is 3.81. The molecule has 0 radical (unpaired) electrons. The third-order valence-corrected chi connectivity index (χ3v) is 8.86. The van der Waals surface area contributed by atoms with Gasteiger partial charge in [-0.1, -0.05) is 97.1 Å². The van der Waals surface area contributed by atoms with Gasteiger partial charge in [0, 0.05) is 38.2 Å². The molecule has 0 aliphatic rings. The van der Waals surface area contributed by atoms with Crippen molar-refractivity contribution in [2.75, 3.05) is 0 Å². The number of furan rings is 2. The minimum atomic E-state index is 0.605. The van der Waals surface area contributed by atoms with Gasteiger partial charge < -0.3 is 13.4 Å². The number of nitrogens with zero attached hydrogens (tertiary/aromatic N) is 4. The van der Waals surface area contributed by atoms with Crippen molar-refractivity contribution in [1.82, 2.24) is 19.5 Å². The van der Waals surface area contributed by atoms with E-state index in [0.717, 1.165) is 77.3 Å². The molecule has 0 spiro atoms.